The lowest BCUT2D eigenvalue weighted by Gasteiger charge is -2.11. The number of aryl methyl sites for hydroxylation is 1. The van der Waals surface area contributed by atoms with Crippen LogP contribution in [0.4, 0.5) is 17.5 Å². The zero-order valence-corrected chi connectivity index (χ0v) is 13.0. The summed E-state index contributed by atoms with van der Waals surface area (Å²) in [7, 11) is 0. The fourth-order valence-corrected chi connectivity index (χ4v) is 2.04. The second-order valence-electron chi connectivity index (χ2n) is 5.17. The number of aromatic nitrogens is 3. The average Bonchev–Trinajstić information content (AvgIpc) is 2.49. The molecule has 0 saturated carbocycles. The maximum Gasteiger partial charge on any atom is 0.244 e. The Kier molecular flexibility index (Phi) is 5.49. The van der Waals surface area contributed by atoms with Crippen molar-refractivity contribution in [1.29, 1.82) is 0 Å². The Morgan fingerprint density at radius 3 is 2.81 bits per heavy atom. The highest BCUT2D eigenvalue weighted by Crippen LogP contribution is 2.21. The standard InChI is InChI=1S/C16H23N5/c1-4-5-6-10-17-16-20-15(11-18-21-16)19-14-9-7-8-12(2)13(14)3/h7-9,11H,4-6,10H2,1-3H3,(H2,17,19,20,21). The lowest BCUT2D eigenvalue weighted by atomic mass is 10.1. The van der Waals surface area contributed by atoms with E-state index >= 15 is 0 Å². The van der Waals surface area contributed by atoms with Crippen LogP contribution in [0.5, 0.6) is 0 Å². The summed E-state index contributed by atoms with van der Waals surface area (Å²) in [6.45, 7) is 7.25. The minimum Gasteiger partial charge on any atom is -0.353 e. The summed E-state index contributed by atoms with van der Waals surface area (Å²) in [6.07, 6.45) is 5.17. The third-order valence-electron chi connectivity index (χ3n) is 3.49. The van der Waals surface area contributed by atoms with Gasteiger partial charge in [-0.2, -0.15) is 10.1 Å². The van der Waals surface area contributed by atoms with Crippen molar-refractivity contribution in [2.75, 3.05) is 17.2 Å². The molecule has 0 bridgehead atoms. The van der Waals surface area contributed by atoms with E-state index in [9.17, 15) is 0 Å². The monoisotopic (exact) mass is 285 g/mol. The summed E-state index contributed by atoms with van der Waals surface area (Å²) in [6, 6.07) is 6.17. The molecular weight excluding hydrogens is 262 g/mol. The van der Waals surface area contributed by atoms with E-state index in [-0.39, 0.29) is 0 Å². The number of rotatable bonds is 7. The number of anilines is 3. The molecule has 0 radical (unpaired) electrons. The second kappa shape index (κ2) is 7.57. The third-order valence-corrected chi connectivity index (χ3v) is 3.49. The second-order valence-corrected chi connectivity index (χ2v) is 5.17. The molecule has 5 nitrogen and oxygen atoms in total. The molecule has 1 heterocycles. The van der Waals surface area contributed by atoms with Crippen molar-refractivity contribution in [3.8, 4) is 0 Å². The molecule has 0 aliphatic heterocycles. The quantitative estimate of drug-likeness (QED) is 0.757. The molecule has 0 spiro atoms. The minimum atomic E-state index is 0.571. The van der Waals surface area contributed by atoms with Gasteiger partial charge in [0, 0.05) is 12.2 Å². The topological polar surface area (TPSA) is 62.7 Å². The molecule has 0 atom stereocenters. The van der Waals surface area contributed by atoms with Crippen LogP contribution in [-0.4, -0.2) is 21.7 Å². The van der Waals surface area contributed by atoms with Crippen molar-refractivity contribution < 1.29 is 0 Å². The smallest absolute Gasteiger partial charge is 0.244 e. The molecule has 1 aromatic heterocycles. The van der Waals surface area contributed by atoms with Crippen molar-refractivity contribution in [3.05, 3.63) is 35.5 Å². The predicted octanol–water partition coefficient (Wildman–Crippen LogP) is 3.83. The van der Waals surface area contributed by atoms with Gasteiger partial charge in [-0.3, -0.25) is 0 Å². The summed E-state index contributed by atoms with van der Waals surface area (Å²) in [5, 5.41) is 14.5. The first-order chi connectivity index (χ1) is 10.2. The average molecular weight is 285 g/mol. The van der Waals surface area contributed by atoms with Gasteiger partial charge in [0.25, 0.3) is 0 Å². The van der Waals surface area contributed by atoms with Gasteiger partial charge in [0.05, 0.1) is 6.20 Å². The van der Waals surface area contributed by atoms with Crippen LogP contribution < -0.4 is 10.6 Å². The van der Waals surface area contributed by atoms with Gasteiger partial charge < -0.3 is 10.6 Å². The summed E-state index contributed by atoms with van der Waals surface area (Å²) in [5.41, 5.74) is 3.51. The van der Waals surface area contributed by atoms with Crippen LogP contribution in [-0.2, 0) is 0 Å². The minimum absolute atomic E-state index is 0.571. The fourth-order valence-electron chi connectivity index (χ4n) is 2.04. The van der Waals surface area contributed by atoms with Crippen LogP contribution >= 0.6 is 0 Å². The molecular formula is C16H23N5. The summed E-state index contributed by atoms with van der Waals surface area (Å²) < 4.78 is 0. The lowest BCUT2D eigenvalue weighted by molar-refractivity contribution is 0.738. The molecule has 0 unspecified atom stereocenters. The number of nitrogens with one attached hydrogen (secondary N) is 2. The first-order valence-electron chi connectivity index (χ1n) is 7.47. The number of unbranched alkanes of at least 4 members (excludes halogenated alkanes) is 2. The first-order valence-corrected chi connectivity index (χ1v) is 7.47. The molecule has 0 aliphatic rings. The Morgan fingerprint density at radius 2 is 2.00 bits per heavy atom. The Morgan fingerprint density at radius 1 is 1.14 bits per heavy atom. The first kappa shape index (κ1) is 15.2. The summed E-state index contributed by atoms with van der Waals surface area (Å²) >= 11 is 0. The van der Waals surface area contributed by atoms with Crippen LogP contribution in [0, 0.1) is 13.8 Å². The summed E-state index contributed by atoms with van der Waals surface area (Å²) in [5.74, 6) is 1.28. The van der Waals surface area contributed by atoms with Gasteiger partial charge in [-0.05, 0) is 37.5 Å². The van der Waals surface area contributed by atoms with E-state index in [1.165, 1.54) is 24.0 Å². The van der Waals surface area contributed by atoms with Crippen LogP contribution in [0.25, 0.3) is 0 Å². The Bertz CT molecular complexity index is 583. The van der Waals surface area contributed by atoms with Crippen molar-refractivity contribution in [2.45, 2.75) is 40.0 Å². The van der Waals surface area contributed by atoms with Crippen LogP contribution in [0.3, 0.4) is 0 Å². The molecule has 0 saturated heterocycles. The van der Waals surface area contributed by atoms with E-state index in [1.54, 1.807) is 6.20 Å². The molecule has 0 fully saturated rings. The SMILES string of the molecule is CCCCCNc1nncc(Nc2cccc(C)c2C)n1. The zero-order valence-electron chi connectivity index (χ0n) is 13.0. The van der Waals surface area contributed by atoms with E-state index in [1.807, 2.05) is 12.1 Å². The third kappa shape index (κ3) is 4.41. The van der Waals surface area contributed by atoms with Crippen LogP contribution in [0.2, 0.25) is 0 Å². The number of hydrogen-bond acceptors (Lipinski definition) is 5. The number of hydrogen-bond donors (Lipinski definition) is 2. The van der Waals surface area contributed by atoms with Gasteiger partial charge in [0.2, 0.25) is 5.95 Å². The largest absolute Gasteiger partial charge is 0.353 e. The van der Waals surface area contributed by atoms with Gasteiger partial charge >= 0.3 is 0 Å². The normalized spacial score (nSPS) is 10.4. The van der Waals surface area contributed by atoms with Gasteiger partial charge in [-0.15, -0.1) is 5.10 Å². The molecule has 2 aromatic rings. The molecule has 21 heavy (non-hydrogen) atoms. The summed E-state index contributed by atoms with van der Waals surface area (Å²) in [4.78, 5) is 4.44. The highest BCUT2D eigenvalue weighted by molar-refractivity contribution is 5.61. The maximum atomic E-state index is 4.44. The zero-order chi connectivity index (χ0) is 15.1. The van der Waals surface area contributed by atoms with E-state index in [0.29, 0.717) is 11.8 Å². The van der Waals surface area contributed by atoms with Crippen LogP contribution in [0.1, 0.15) is 37.3 Å². The molecule has 2 N–H and O–H groups in total. The van der Waals surface area contributed by atoms with Gasteiger partial charge in [0.1, 0.15) is 0 Å². The van der Waals surface area contributed by atoms with Gasteiger partial charge in [-0.25, -0.2) is 0 Å². The predicted molar refractivity (Wildman–Crippen MR) is 87.0 cm³/mol. The lowest BCUT2D eigenvalue weighted by Crippen LogP contribution is -2.08. The fraction of sp³-hybridized carbons (Fsp3) is 0.438. The highest BCUT2D eigenvalue weighted by Gasteiger charge is 2.04. The molecule has 112 valence electrons. The Hall–Kier alpha value is -2.17. The number of nitrogens with zero attached hydrogens (tertiary/aromatic N) is 3. The Labute approximate surface area is 126 Å². The van der Waals surface area contributed by atoms with Gasteiger partial charge in [0.15, 0.2) is 5.82 Å². The van der Waals surface area contributed by atoms with Crippen molar-refractivity contribution >= 4 is 17.5 Å². The molecule has 1 aromatic carbocycles. The molecule has 5 heteroatoms. The maximum absolute atomic E-state index is 4.44. The van der Waals surface area contributed by atoms with Crippen molar-refractivity contribution in [2.24, 2.45) is 0 Å². The molecule has 0 amide bonds. The number of benzene rings is 1. The molecule has 2 rings (SSSR count). The van der Waals surface area contributed by atoms with Crippen molar-refractivity contribution in [3.63, 3.8) is 0 Å². The van der Waals surface area contributed by atoms with E-state index in [2.05, 4.69) is 52.7 Å². The molecule has 0 aliphatic carbocycles. The van der Waals surface area contributed by atoms with E-state index in [0.717, 1.165) is 18.7 Å². The van der Waals surface area contributed by atoms with Crippen molar-refractivity contribution in [1.82, 2.24) is 15.2 Å². The highest BCUT2D eigenvalue weighted by atomic mass is 15.3. The Balaban J connectivity index is 2.02. The van der Waals surface area contributed by atoms with E-state index < -0.39 is 0 Å². The van der Waals surface area contributed by atoms with Gasteiger partial charge in [-0.1, -0.05) is 31.9 Å². The van der Waals surface area contributed by atoms with Crippen LogP contribution in [0.15, 0.2) is 24.4 Å². The van der Waals surface area contributed by atoms with E-state index in [4.69, 9.17) is 0 Å².